The van der Waals surface area contributed by atoms with Crippen LogP contribution in [0, 0.1) is 5.82 Å². The Labute approximate surface area is 187 Å². The molecule has 0 aliphatic rings. The number of nitrogens with one attached hydrogen (secondary N) is 1. The van der Waals surface area contributed by atoms with Crippen LogP contribution in [-0.2, 0) is 12.0 Å². The first-order chi connectivity index (χ1) is 12.8. The molecule has 5 nitrogen and oxygen atoms in total. The van der Waals surface area contributed by atoms with Crippen molar-refractivity contribution in [1.82, 2.24) is 5.32 Å². The lowest BCUT2D eigenvalue weighted by Gasteiger charge is -2.27. The summed E-state index contributed by atoms with van der Waals surface area (Å²) in [5.41, 5.74) is 7.41. The largest absolute Gasteiger partial charge is 0.493 e. The third-order valence-electron chi connectivity index (χ3n) is 4.25. The lowest BCUT2D eigenvalue weighted by molar-refractivity contribution is 0.354. The Kier molecular flexibility index (Phi) is 9.29. The van der Waals surface area contributed by atoms with Crippen LogP contribution in [0.2, 0.25) is 5.02 Å². The molecule has 0 saturated heterocycles. The molecule has 0 aliphatic carbocycles. The number of benzene rings is 2. The molecular formula is C20H26ClFIN3O2. The molecule has 2 aromatic carbocycles. The van der Waals surface area contributed by atoms with E-state index in [4.69, 9.17) is 26.8 Å². The van der Waals surface area contributed by atoms with Crippen LogP contribution in [0.3, 0.4) is 0 Å². The van der Waals surface area contributed by atoms with Crippen LogP contribution in [-0.4, -0.2) is 26.7 Å². The van der Waals surface area contributed by atoms with Gasteiger partial charge in [-0.05, 0) is 35.4 Å². The number of ether oxygens (including phenoxy) is 2. The number of nitrogens with zero attached hydrogens (tertiary/aromatic N) is 1. The van der Waals surface area contributed by atoms with Gasteiger partial charge >= 0.3 is 0 Å². The van der Waals surface area contributed by atoms with E-state index < -0.39 is 0 Å². The highest BCUT2D eigenvalue weighted by Gasteiger charge is 2.23. The first-order valence-electron chi connectivity index (χ1n) is 8.47. The summed E-state index contributed by atoms with van der Waals surface area (Å²) in [6, 6.07) is 9.99. The molecule has 0 aliphatic heterocycles. The van der Waals surface area contributed by atoms with Crippen molar-refractivity contribution in [3.8, 4) is 11.5 Å². The van der Waals surface area contributed by atoms with E-state index in [9.17, 15) is 4.39 Å². The van der Waals surface area contributed by atoms with Crippen LogP contribution in [0.25, 0.3) is 0 Å². The average molecular weight is 522 g/mol. The maximum atomic E-state index is 13.3. The average Bonchev–Trinajstić information content (AvgIpc) is 2.64. The molecule has 0 radical (unpaired) electrons. The Morgan fingerprint density at radius 2 is 1.82 bits per heavy atom. The van der Waals surface area contributed by atoms with E-state index in [0.29, 0.717) is 35.6 Å². The van der Waals surface area contributed by atoms with Gasteiger partial charge in [-0.3, -0.25) is 0 Å². The van der Waals surface area contributed by atoms with Crippen LogP contribution >= 0.6 is 35.6 Å². The molecule has 0 saturated carbocycles. The predicted molar refractivity (Wildman–Crippen MR) is 123 cm³/mol. The van der Waals surface area contributed by atoms with E-state index in [1.807, 2.05) is 32.0 Å². The molecule has 2 aromatic rings. The number of rotatable bonds is 7. The maximum Gasteiger partial charge on any atom is 0.188 e. The second-order valence-electron chi connectivity index (χ2n) is 6.75. The normalized spacial score (nSPS) is 11.6. The van der Waals surface area contributed by atoms with E-state index in [0.717, 1.165) is 11.1 Å². The van der Waals surface area contributed by atoms with E-state index in [-0.39, 0.29) is 35.2 Å². The summed E-state index contributed by atoms with van der Waals surface area (Å²) in [7, 11) is 3.18. The Hall–Kier alpha value is -1.74. The summed E-state index contributed by atoms with van der Waals surface area (Å²) >= 11 is 6.17. The highest BCUT2D eigenvalue weighted by molar-refractivity contribution is 14.0. The molecule has 28 heavy (non-hydrogen) atoms. The Morgan fingerprint density at radius 3 is 2.43 bits per heavy atom. The molecule has 0 fully saturated rings. The van der Waals surface area contributed by atoms with Crippen LogP contribution < -0.4 is 20.5 Å². The molecule has 0 atom stereocenters. The molecule has 0 aromatic heterocycles. The fraction of sp³-hybridized carbons (Fsp3) is 0.350. The molecule has 154 valence electrons. The topological polar surface area (TPSA) is 68.9 Å². The summed E-state index contributed by atoms with van der Waals surface area (Å²) in [4.78, 5) is 4.35. The van der Waals surface area contributed by atoms with Gasteiger partial charge in [0.2, 0.25) is 0 Å². The van der Waals surface area contributed by atoms with Gasteiger partial charge in [-0.25, -0.2) is 9.38 Å². The van der Waals surface area contributed by atoms with E-state index >= 15 is 0 Å². The zero-order chi connectivity index (χ0) is 20.0. The number of aliphatic imine (C=N–C) groups is 1. The van der Waals surface area contributed by atoms with Crippen LogP contribution in [0.5, 0.6) is 11.5 Å². The van der Waals surface area contributed by atoms with Gasteiger partial charge in [0, 0.05) is 17.0 Å². The highest BCUT2D eigenvalue weighted by atomic mass is 127. The van der Waals surface area contributed by atoms with Gasteiger partial charge in [0.15, 0.2) is 17.5 Å². The molecule has 0 bridgehead atoms. The fourth-order valence-corrected chi connectivity index (χ4v) is 3.08. The van der Waals surface area contributed by atoms with Crippen LogP contribution in [0.1, 0.15) is 25.0 Å². The SMILES string of the molecule is COc1ccc(CN=C(N)NCC(C)(C)c2ccc(F)cc2Cl)cc1OC.I. The van der Waals surface area contributed by atoms with E-state index in [2.05, 4.69) is 10.3 Å². The van der Waals surface area contributed by atoms with E-state index in [1.165, 1.54) is 12.1 Å². The smallest absolute Gasteiger partial charge is 0.188 e. The summed E-state index contributed by atoms with van der Waals surface area (Å²) in [6.45, 7) is 4.90. The van der Waals surface area contributed by atoms with Crippen molar-refractivity contribution in [3.05, 3.63) is 58.4 Å². The predicted octanol–water partition coefficient (Wildman–Crippen LogP) is 4.50. The molecular weight excluding hydrogens is 496 g/mol. The first-order valence-corrected chi connectivity index (χ1v) is 8.85. The molecule has 3 N–H and O–H groups in total. The molecule has 0 spiro atoms. The minimum absolute atomic E-state index is 0. The third kappa shape index (κ3) is 6.41. The zero-order valence-corrected chi connectivity index (χ0v) is 19.5. The van der Waals surface area contributed by atoms with Crippen molar-refractivity contribution in [3.63, 3.8) is 0 Å². The number of hydrogen-bond donors (Lipinski definition) is 2. The van der Waals surface area contributed by atoms with Gasteiger partial charge in [-0.2, -0.15) is 0 Å². The standard InChI is InChI=1S/C20H25ClFN3O2.HI/c1-20(2,15-7-6-14(22)10-16(15)21)12-25-19(23)24-11-13-5-8-17(26-3)18(9-13)27-4;/h5-10H,11-12H2,1-4H3,(H3,23,24,25);1H. The molecule has 8 heteroatoms. The van der Waals surface area contributed by atoms with E-state index in [1.54, 1.807) is 20.3 Å². The monoisotopic (exact) mass is 521 g/mol. The quantitative estimate of drug-likeness (QED) is 0.320. The number of nitrogens with two attached hydrogens (primary N) is 1. The zero-order valence-electron chi connectivity index (χ0n) is 16.4. The van der Waals surface area contributed by atoms with Crippen molar-refractivity contribution >= 4 is 41.5 Å². The van der Waals surface area contributed by atoms with Gasteiger partial charge in [-0.15, -0.1) is 24.0 Å². The maximum absolute atomic E-state index is 13.3. The van der Waals surface area contributed by atoms with Crippen molar-refractivity contribution in [2.45, 2.75) is 25.8 Å². The highest BCUT2D eigenvalue weighted by Crippen LogP contribution is 2.30. The van der Waals surface area contributed by atoms with Crippen molar-refractivity contribution in [2.75, 3.05) is 20.8 Å². The molecule has 2 rings (SSSR count). The van der Waals surface area contributed by atoms with Gasteiger partial charge in [-0.1, -0.05) is 37.6 Å². The Morgan fingerprint density at radius 1 is 1.14 bits per heavy atom. The van der Waals surface area contributed by atoms with Crippen molar-refractivity contribution in [1.29, 1.82) is 0 Å². The number of methoxy groups -OCH3 is 2. The summed E-state index contributed by atoms with van der Waals surface area (Å²) < 4.78 is 23.8. The van der Waals surface area contributed by atoms with Gasteiger partial charge in [0.1, 0.15) is 5.82 Å². The first kappa shape index (κ1) is 24.3. The second-order valence-corrected chi connectivity index (χ2v) is 7.16. The lowest BCUT2D eigenvalue weighted by atomic mass is 9.84. The molecule has 0 heterocycles. The fourth-order valence-electron chi connectivity index (χ4n) is 2.66. The Balaban J connectivity index is 0.00000392. The van der Waals surface area contributed by atoms with Crippen molar-refractivity contribution < 1.29 is 13.9 Å². The molecule has 0 amide bonds. The van der Waals surface area contributed by atoms with Gasteiger partial charge < -0.3 is 20.5 Å². The molecule has 0 unspecified atom stereocenters. The minimum atomic E-state index is -0.358. The van der Waals surface area contributed by atoms with Crippen LogP contribution in [0.15, 0.2) is 41.4 Å². The second kappa shape index (κ2) is 10.7. The van der Waals surface area contributed by atoms with Gasteiger partial charge in [0.25, 0.3) is 0 Å². The number of halogens is 3. The third-order valence-corrected chi connectivity index (χ3v) is 4.56. The van der Waals surface area contributed by atoms with Gasteiger partial charge in [0.05, 0.1) is 20.8 Å². The lowest BCUT2D eigenvalue weighted by Crippen LogP contribution is -2.40. The minimum Gasteiger partial charge on any atom is -0.493 e. The van der Waals surface area contributed by atoms with Crippen molar-refractivity contribution in [2.24, 2.45) is 10.7 Å². The number of guanidine groups is 1. The summed E-state index contributed by atoms with van der Waals surface area (Å²) in [5.74, 6) is 1.26. The summed E-state index contributed by atoms with van der Waals surface area (Å²) in [6.07, 6.45) is 0. The Bertz CT molecular complexity index is 831. The summed E-state index contributed by atoms with van der Waals surface area (Å²) in [5, 5.41) is 3.50. The van der Waals surface area contributed by atoms with Crippen LogP contribution in [0.4, 0.5) is 4.39 Å². The number of hydrogen-bond acceptors (Lipinski definition) is 3.